The van der Waals surface area contributed by atoms with Gasteiger partial charge in [-0.05, 0) is 24.3 Å². The summed E-state index contributed by atoms with van der Waals surface area (Å²) < 4.78 is 2.21. The molecule has 1 saturated heterocycles. The van der Waals surface area contributed by atoms with Gasteiger partial charge >= 0.3 is 0 Å². The second-order valence-corrected chi connectivity index (χ2v) is 8.22. The van der Waals surface area contributed by atoms with E-state index >= 15 is 0 Å². The van der Waals surface area contributed by atoms with E-state index in [0.717, 1.165) is 45.1 Å². The van der Waals surface area contributed by atoms with Crippen LogP contribution in [-0.2, 0) is 11.3 Å². The van der Waals surface area contributed by atoms with E-state index in [1.54, 1.807) is 24.3 Å². The number of carbonyl (C=O) groups is 2. The summed E-state index contributed by atoms with van der Waals surface area (Å²) in [5.41, 5.74) is 0.604. The number of halogens is 1. The fraction of sp³-hybridized carbons (Fsp3) is 0.500. The molecule has 6 nitrogen and oxygen atoms in total. The molecular formula is C22H29ClN4O2. The molecule has 7 heteroatoms. The molecular weight excluding hydrogens is 388 g/mol. The molecule has 3 rings (SSSR count). The number of piperazine rings is 1. The first kappa shape index (κ1) is 21.5. The molecule has 1 aliphatic heterocycles. The number of carbonyl (C=O) groups excluding carboxylic acids is 2. The molecule has 2 heterocycles. The number of rotatable bonds is 8. The third-order valence-electron chi connectivity index (χ3n) is 5.38. The van der Waals surface area contributed by atoms with E-state index in [2.05, 4.69) is 28.3 Å². The molecule has 1 aromatic carbocycles. The number of hydrogen-bond acceptors (Lipinski definition) is 4. The molecule has 1 fully saturated rings. The number of hydrogen-bond donors (Lipinski definition) is 0. The standard InChI is InChI=1S/C22H29ClN4O2/c1-17(2)22-24-9-10-27(22)16-13-25-11-14-26(15-12-25)21(29)8-7-20(28)18-3-5-19(23)6-4-18/h3-6,9-10,17H,7-8,11-16H2,1-2H3. The summed E-state index contributed by atoms with van der Waals surface area (Å²) in [6, 6.07) is 6.81. The lowest BCUT2D eigenvalue weighted by molar-refractivity contribution is -0.132. The smallest absolute Gasteiger partial charge is 0.223 e. The van der Waals surface area contributed by atoms with Gasteiger partial charge in [0.05, 0.1) is 0 Å². The van der Waals surface area contributed by atoms with E-state index < -0.39 is 0 Å². The monoisotopic (exact) mass is 416 g/mol. The van der Waals surface area contributed by atoms with Gasteiger partial charge in [-0.15, -0.1) is 0 Å². The van der Waals surface area contributed by atoms with Crippen molar-refractivity contribution in [1.82, 2.24) is 19.4 Å². The van der Waals surface area contributed by atoms with E-state index in [0.29, 0.717) is 16.5 Å². The van der Waals surface area contributed by atoms with Crippen molar-refractivity contribution in [3.8, 4) is 0 Å². The van der Waals surface area contributed by atoms with Gasteiger partial charge in [-0.3, -0.25) is 14.5 Å². The van der Waals surface area contributed by atoms with E-state index in [4.69, 9.17) is 11.6 Å². The Morgan fingerprint density at radius 1 is 1.03 bits per heavy atom. The lowest BCUT2D eigenvalue weighted by Gasteiger charge is -2.35. The number of nitrogens with zero attached hydrogens (tertiary/aromatic N) is 4. The van der Waals surface area contributed by atoms with Crippen molar-refractivity contribution in [1.29, 1.82) is 0 Å². The Kier molecular flexibility index (Phi) is 7.45. The number of amides is 1. The largest absolute Gasteiger partial charge is 0.340 e. The highest BCUT2D eigenvalue weighted by Gasteiger charge is 2.22. The van der Waals surface area contributed by atoms with Crippen LogP contribution in [0.15, 0.2) is 36.7 Å². The predicted octanol–water partition coefficient (Wildman–Crippen LogP) is 3.47. The van der Waals surface area contributed by atoms with Gasteiger partial charge in [0.2, 0.25) is 5.91 Å². The second-order valence-electron chi connectivity index (χ2n) is 7.79. The molecule has 156 valence electrons. The molecule has 0 aliphatic carbocycles. The average Bonchev–Trinajstić information content (AvgIpc) is 3.20. The fourth-order valence-corrected chi connectivity index (χ4v) is 3.77. The van der Waals surface area contributed by atoms with Crippen LogP contribution in [0.1, 0.15) is 48.8 Å². The third-order valence-corrected chi connectivity index (χ3v) is 5.63. The zero-order valence-electron chi connectivity index (χ0n) is 17.2. The fourth-order valence-electron chi connectivity index (χ4n) is 3.64. The SMILES string of the molecule is CC(C)c1nccn1CCN1CCN(C(=O)CCC(=O)c2ccc(Cl)cc2)CC1. The third kappa shape index (κ3) is 5.90. The topological polar surface area (TPSA) is 58.4 Å². The Hall–Kier alpha value is -2.18. The van der Waals surface area contributed by atoms with Gasteiger partial charge in [0.25, 0.3) is 0 Å². The number of benzene rings is 1. The van der Waals surface area contributed by atoms with Gasteiger partial charge in [-0.2, -0.15) is 0 Å². The molecule has 0 N–H and O–H groups in total. The van der Waals surface area contributed by atoms with E-state index in [1.165, 1.54) is 0 Å². The van der Waals surface area contributed by atoms with Gasteiger partial charge in [0, 0.05) is 81.0 Å². The molecule has 29 heavy (non-hydrogen) atoms. The number of ketones is 1. The van der Waals surface area contributed by atoms with Crippen molar-refractivity contribution in [3.05, 3.63) is 53.1 Å². The summed E-state index contributed by atoms with van der Waals surface area (Å²) in [5, 5.41) is 0.601. The highest BCUT2D eigenvalue weighted by molar-refractivity contribution is 6.30. The van der Waals surface area contributed by atoms with Crippen molar-refractivity contribution < 1.29 is 9.59 Å². The molecule has 0 spiro atoms. The molecule has 1 amide bonds. The molecule has 1 aliphatic rings. The van der Waals surface area contributed by atoms with Crippen LogP contribution in [0.3, 0.4) is 0 Å². The lowest BCUT2D eigenvalue weighted by Crippen LogP contribution is -2.49. The van der Waals surface area contributed by atoms with Crippen LogP contribution in [0.25, 0.3) is 0 Å². The Morgan fingerprint density at radius 3 is 2.38 bits per heavy atom. The normalized spacial score (nSPS) is 15.1. The van der Waals surface area contributed by atoms with Crippen molar-refractivity contribution in [2.75, 3.05) is 32.7 Å². The molecule has 2 aromatic rings. The van der Waals surface area contributed by atoms with Crippen molar-refractivity contribution in [2.24, 2.45) is 0 Å². The highest BCUT2D eigenvalue weighted by Crippen LogP contribution is 2.14. The molecule has 0 saturated carbocycles. The van der Waals surface area contributed by atoms with Crippen LogP contribution in [0.2, 0.25) is 5.02 Å². The number of imidazole rings is 1. The maximum atomic E-state index is 12.5. The first-order valence-electron chi connectivity index (χ1n) is 10.2. The second kappa shape index (κ2) is 10.0. The molecule has 0 bridgehead atoms. The molecule has 1 aromatic heterocycles. The molecule has 0 atom stereocenters. The summed E-state index contributed by atoms with van der Waals surface area (Å²) in [4.78, 5) is 33.4. The first-order chi connectivity index (χ1) is 13.9. The maximum Gasteiger partial charge on any atom is 0.223 e. The van der Waals surface area contributed by atoms with Crippen LogP contribution in [0.4, 0.5) is 0 Å². The van der Waals surface area contributed by atoms with Crippen LogP contribution in [0.5, 0.6) is 0 Å². The van der Waals surface area contributed by atoms with Crippen molar-refractivity contribution >= 4 is 23.3 Å². The van der Waals surface area contributed by atoms with Gasteiger partial charge in [0.1, 0.15) is 5.82 Å². The zero-order chi connectivity index (χ0) is 20.8. The van der Waals surface area contributed by atoms with Crippen molar-refractivity contribution in [2.45, 2.75) is 39.2 Å². The van der Waals surface area contributed by atoms with Crippen LogP contribution in [-0.4, -0.2) is 63.8 Å². The Labute approximate surface area is 177 Å². The average molecular weight is 417 g/mol. The predicted molar refractivity (Wildman–Crippen MR) is 114 cm³/mol. The zero-order valence-corrected chi connectivity index (χ0v) is 17.9. The minimum absolute atomic E-state index is 0.0186. The Morgan fingerprint density at radius 2 is 1.72 bits per heavy atom. The van der Waals surface area contributed by atoms with Crippen molar-refractivity contribution in [3.63, 3.8) is 0 Å². The summed E-state index contributed by atoms with van der Waals surface area (Å²) in [5.74, 6) is 1.57. The van der Waals surface area contributed by atoms with Gasteiger partial charge in [0.15, 0.2) is 5.78 Å². The lowest BCUT2D eigenvalue weighted by atomic mass is 10.1. The van der Waals surface area contributed by atoms with Crippen LogP contribution >= 0.6 is 11.6 Å². The van der Waals surface area contributed by atoms with Crippen LogP contribution in [0, 0.1) is 0 Å². The summed E-state index contributed by atoms with van der Waals surface area (Å²) in [7, 11) is 0. The minimum Gasteiger partial charge on any atom is -0.340 e. The quantitative estimate of drug-likeness (QED) is 0.618. The maximum absolute atomic E-state index is 12.5. The van der Waals surface area contributed by atoms with E-state index in [9.17, 15) is 9.59 Å². The van der Waals surface area contributed by atoms with E-state index in [-0.39, 0.29) is 24.5 Å². The highest BCUT2D eigenvalue weighted by atomic mass is 35.5. The minimum atomic E-state index is -0.0186. The van der Waals surface area contributed by atoms with Gasteiger partial charge in [-0.25, -0.2) is 4.98 Å². The Bertz CT molecular complexity index is 824. The van der Waals surface area contributed by atoms with Crippen LogP contribution < -0.4 is 0 Å². The number of Topliss-reactive ketones (excluding diaryl/α,β-unsaturated/α-hetero) is 1. The Balaban J connectivity index is 1.39. The van der Waals surface area contributed by atoms with Gasteiger partial charge < -0.3 is 9.47 Å². The van der Waals surface area contributed by atoms with Gasteiger partial charge in [-0.1, -0.05) is 25.4 Å². The molecule has 0 unspecified atom stereocenters. The number of aromatic nitrogens is 2. The molecule has 0 radical (unpaired) electrons. The van der Waals surface area contributed by atoms with E-state index in [1.807, 2.05) is 17.3 Å². The summed E-state index contributed by atoms with van der Waals surface area (Å²) >= 11 is 5.85. The first-order valence-corrected chi connectivity index (χ1v) is 10.6. The summed E-state index contributed by atoms with van der Waals surface area (Å²) in [6.07, 6.45) is 4.39. The summed E-state index contributed by atoms with van der Waals surface area (Å²) in [6.45, 7) is 9.33.